The Morgan fingerprint density at radius 1 is 1.24 bits per heavy atom. The van der Waals surface area contributed by atoms with Crippen LogP contribution in [0, 0.1) is 0 Å². The summed E-state index contributed by atoms with van der Waals surface area (Å²) < 4.78 is 24.1. The number of nitrogens with one attached hydrogen (secondary N) is 1. The van der Waals surface area contributed by atoms with Crippen molar-refractivity contribution in [2.45, 2.75) is 103 Å². The molecule has 0 aliphatic carbocycles. The highest BCUT2D eigenvalue weighted by molar-refractivity contribution is 6.61. The second kappa shape index (κ2) is 10.4. The maximum Gasteiger partial charge on any atom is 0.514 e. The van der Waals surface area contributed by atoms with Crippen LogP contribution in [0.2, 0.25) is 0 Å². The number of hydrogen-bond donors (Lipinski definition) is 3. The van der Waals surface area contributed by atoms with E-state index in [-0.39, 0.29) is 0 Å². The molecule has 2 aromatic heterocycles. The third-order valence-electron chi connectivity index (χ3n) is 8.11. The monoisotopic (exact) mass is 526 g/mol. The van der Waals surface area contributed by atoms with Gasteiger partial charge in [-0.05, 0) is 59.2 Å². The third-order valence-corrected chi connectivity index (χ3v) is 8.11. The molecule has 0 spiro atoms. The Balaban J connectivity index is 1.54. The highest BCUT2D eigenvalue weighted by atomic mass is 16.7. The molecule has 0 aromatic carbocycles. The number of rotatable bonds is 7. The van der Waals surface area contributed by atoms with Gasteiger partial charge in [0.1, 0.15) is 11.7 Å². The first-order valence-corrected chi connectivity index (χ1v) is 13.1. The Morgan fingerprint density at radius 3 is 2.55 bits per heavy atom. The Bertz CT molecular complexity index is 1160. The van der Waals surface area contributed by atoms with Gasteiger partial charge in [-0.15, -0.1) is 0 Å². The molecule has 2 aromatic rings. The average molecular weight is 526 g/mol. The lowest BCUT2D eigenvalue weighted by molar-refractivity contribution is -0.234. The average Bonchev–Trinajstić information content (AvgIpc) is 3.07. The van der Waals surface area contributed by atoms with E-state index in [9.17, 15) is 9.90 Å². The quantitative estimate of drug-likeness (QED) is 0.365. The Morgan fingerprint density at radius 2 is 1.92 bits per heavy atom. The van der Waals surface area contributed by atoms with Crippen LogP contribution in [0.25, 0.3) is 0 Å². The van der Waals surface area contributed by atoms with Gasteiger partial charge in [-0.3, -0.25) is 14.8 Å². The number of ether oxygens (including phenoxy) is 2. The molecule has 2 aliphatic rings. The number of hydrogen-bond acceptors (Lipinski definition) is 10. The first-order valence-electron chi connectivity index (χ1n) is 13.1. The van der Waals surface area contributed by atoms with Crippen LogP contribution in [0.5, 0.6) is 0 Å². The SMILES string of the molecule is CC[C@@]1(O)[C@@H](C)O[C@@H](c2ccncc2NCc2nc(B3OC(C)(C)C(C)(C)O3)ccc2N)C[C@H]1OC(C)=O. The smallest absolute Gasteiger partial charge is 0.459 e. The number of carbonyl (C=O) groups excluding carboxylic acids is 1. The number of nitrogens with zero attached hydrogens (tertiary/aromatic N) is 2. The molecule has 0 bridgehead atoms. The van der Waals surface area contributed by atoms with Gasteiger partial charge in [-0.2, -0.15) is 0 Å². The predicted octanol–water partition coefficient (Wildman–Crippen LogP) is 2.89. The molecule has 11 heteroatoms. The van der Waals surface area contributed by atoms with Gasteiger partial charge in [0.2, 0.25) is 0 Å². The van der Waals surface area contributed by atoms with Crippen LogP contribution < -0.4 is 16.6 Å². The summed E-state index contributed by atoms with van der Waals surface area (Å²) >= 11 is 0. The molecule has 4 atom stereocenters. The standard InChI is InChI=1S/C27H39BN4O6/c1-8-27(34)16(2)35-22(13-23(27)36-17(3)33)18-11-12-30-14-20(18)31-15-21-19(29)9-10-24(32-21)28-37-25(4,5)26(6,7)38-28/h9-12,14,16,22-23,31,34H,8,13,15,29H2,1-7H3/t16-,22-,23-,27-/m1/s1. The van der Waals surface area contributed by atoms with Crippen molar-refractivity contribution in [1.29, 1.82) is 0 Å². The number of pyridine rings is 2. The van der Waals surface area contributed by atoms with Gasteiger partial charge >= 0.3 is 13.1 Å². The van der Waals surface area contributed by atoms with E-state index in [1.165, 1.54) is 6.92 Å². The fourth-order valence-corrected chi connectivity index (χ4v) is 4.92. The second-order valence-electron chi connectivity index (χ2n) is 11.1. The molecular weight excluding hydrogens is 487 g/mol. The lowest BCUT2D eigenvalue weighted by atomic mass is 9.81. The number of carbonyl (C=O) groups is 1. The van der Waals surface area contributed by atoms with Crippen molar-refractivity contribution in [1.82, 2.24) is 9.97 Å². The van der Waals surface area contributed by atoms with Crippen molar-refractivity contribution in [3.63, 3.8) is 0 Å². The summed E-state index contributed by atoms with van der Waals surface area (Å²) in [6, 6.07) is 5.48. The molecule has 10 nitrogen and oxygen atoms in total. The number of nitrogens with two attached hydrogens (primary N) is 1. The molecule has 2 saturated heterocycles. The Kier molecular flexibility index (Phi) is 7.78. The van der Waals surface area contributed by atoms with Crippen LogP contribution in [0.15, 0.2) is 30.6 Å². The van der Waals surface area contributed by atoms with Crippen LogP contribution in [-0.2, 0) is 30.1 Å². The van der Waals surface area contributed by atoms with Gasteiger partial charge in [0.05, 0.1) is 58.8 Å². The van der Waals surface area contributed by atoms with Crippen molar-refractivity contribution in [2.24, 2.45) is 0 Å². The van der Waals surface area contributed by atoms with E-state index in [0.29, 0.717) is 36.4 Å². The molecule has 4 rings (SSSR count). The van der Waals surface area contributed by atoms with Gasteiger partial charge in [0.15, 0.2) is 0 Å². The Labute approximate surface area is 224 Å². The van der Waals surface area contributed by atoms with E-state index in [1.807, 2.05) is 46.8 Å². The molecule has 0 unspecified atom stereocenters. The van der Waals surface area contributed by atoms with Crippen LogP contribution in [0.3, 0.4) is 0 Å². The second-order valence-corrected chi connectivity index (χ2v) is 11.1. The zero-order chi connectivity index (χ0) is 27.9. The largest absolute Gasteiger partial charge is 0.514 e. The summed E-state index contributed by atoms with van der Waals surface area (Å²) in [4.78, 5) is 20.8. The fraction of sp³-hybridized carbons (Fsp3) is 0.593. The topological polar surface area (TPSA) is 138 Å². The zero-order valence-corrected chi connectivity index (χ0v) is 23.3. The molecule has 4 N–H and O–H groups in total. The molecule has 2 aliphatic heterocycles. The maximum atomic E-state index is 11.8. The summed E-state index contributed by atoms with van der Waals surface area (Å²) in [6.07, 6.45) is 2.42. The number of aliphatic hydroxyl groups is 1. The van der Waals surface area contributed by atoms with Crippen molar-refractivity contribution in [2.75, 3.05) is 11.1 Å². The highest BCUT2D eigenvalue weighted by Crippen LogP contribution is 2.42. The summed E-state index contributed by atoms with van der Waals surface area (Å²) in [7, 11) is -0.596. The first kappa shape index (κ1) is 28.3. The van der Waals surface area contributed by atoms with Gasteiger partial charge in [-0.25, -0.2) is 0 Å². The number of esters is 1. The minimum atomic E-state index is -1.27. The predicted molar refractivity (Wildman–Crippen MR) is 145 cm³/mol. The third kappa shape index (κ3) is 5.38. The molecular formula is C27H39BN4O6. The number of aromatic nitrogens is 2. The fourth-order valence-electron chi connectivity index (χ4n) is 4.92. The number of anilines is 2. The molecule has 0 amide bonds. The van der Waals surface area contributed by atoms with E-state index in [1.54, 1.807) is 25.4 Å². The van der Waals surface area contributed by atoms with E-state index in [4.69, 9.17) is 29.5 Å². The van der Waals surface area contributed by atoms with Crippen LogP contribution in [0.1, 0.15) is 78.7 Å². The van der Waals surface area contributed by atoms with E-state index in [0.717, 1.165) is 11.3 Å². The molecule has 2 fully saturated rings. The van der Waals surface area contributed by atoms with Gasteiger partial charge in [0.25, 0.3) is 0 Å². The summed E-state index contributed by atoms with van der Waals surface area (Å²) in [5.74, 6) is -0.439. The molecule has 206 valence electrons. The maximum absolute atomic E-state index is 11.8. The molecule has 4 heterocycles. The van der Waals surface area contributed by atoms with Gasteiger partial charge in [-0.1, -0.05) is 6.92 Å². The normalized spacial score (nSPS) is 28.2. The summed E-state index contributed by atoms with van der Waals surface area (Å²) in [6.45, 7) is 13.3. The van der Waals surface area contributed by atoms with Crippen molar-refractivity contribution in [3.05, 3.63) is 41.9 Å². The van der Waals surface area contributed by atoms with E-state index >= 15 is 0 Å². The number of nitrogen functional groups attached to an aromatic ring is 1. The summed E-state index contributed by atoms with van der Waals surface area (Å²) in [5, 5.41) is 14.6. The van der Waals surface area contributed by atoms with Crippen LogP contribution in [0.4, 0.5) is 11.4 Å². The lowest BCUT2D eigenvalue weighted by Crippen LogP contribution is -2.57. The van der Waals surface area contributed by atoms with Crippen LogP contribution in [-0.4, -0.2) is 57.2 Å². The molecule has 0 saturated carbocycles. The summed E-state index contributed by atoms with van der Waals surface area (Å²) in [5.41, 5.74) is 7.44. The Hall–Kier alpha value is -2.73. The van der Waals surface area contributed by atoms with Gasteiger partial charge < -0.3 is 34.9 Å². The lowest BCUT2D eigenvalue weighted by Gasteiger charge is -2.46. The highest BCUT2D eigenvalue weighted by Gasteiger charge is 2.52. The molecule has 0 radical (unpaired) electrons. The van der Waals surface area contributed by atoms with Crippen molar-refractivity contribution < 1.29 is 28.7 Å². The minimum Gasteiger partial charge on any atom is -0.459 e. The van der Waals surface area contributed by atoms with Crippen molar-refractivity contribution in [3.8, 4) is 0 Å². The molecule has 38 heavy (non-hydrogen) atoms. The minimum absolute atomic E-state index is 0.310. The first-order chi connectivity index (χ1) is 17.8. The van der Waals surface area contributed by atoms with Crippen LogP contribution >= 0.6 is 0 Å². The van der Waals surface area contributed by atoms with Crippen molar-refractivity contribution >= 4 is 30.1 Å². The zero-order valence-electron chi connectivity index (χ0n) is 23.3. The van der Waals surface area contributed by atoms with E-state index < -0.39 is 48.2 Å². The van der Waals surface area contributed by atoms with Gasteiger partial charge in [0, 0.05) is 25.1 Å². The van der Waals surface area contributed by atoms with E-state index in [2.05, 4.69) is 10.3 Å².